The van der Waals surface area contributed by atoms with Crippen molar-refractivity contribution in [1.29, 1.82) is 0 Å². The average molecular weight is 431 g/mol. The highest BCUT2D eigenvalue weighted by Gasteiger charge is 2.22. The molecule has 5 heteroatoms. The van der Waals surface area contributed by atoms with E-state index in [2.05, 4.69) is 15.5 Å². The van der Waals surface area contributed by atoms with Crippen molar-refractivity contribution in [3.05, 3.63) is 126 Å². The molecular weight excluding hydrogens is 410 g/mol. The van der Waals surface area contributed by atoms with E-state index >= 15 is 0 Å². The summed E-state index contributed by atoms with van der Waals surface area (Å²) in [6, 6.07) is 36.6. The van der Waals surface area contributed by atoms with Crippen LogP contribution in [0.25, 0.3) is 22.9 Å². The molecule has 0 fully saturated rings. The van der Waals surface area contributed by atoms with E-state index in [-0.39, 0.29) is 5.91 Å². The van der Waals surface area contributed by atoms with Crippen molar-refractivity contribution in [3.8, 4) is 22.9 Å². The summed E-state index contributed by atoms with van der Waals surface area (Å²) < 4.78 is 5.82. The zero-order chi connectivity index (χ0) is 22.5. The predicted molar refractivity (Wildman–Crippen MR) is 129 cm³/mol. The van der Waals surface area contributed by atoms with Gasteiger partial charge in [-0.2, -0.15) is 0 Å². The van der Waals surface area contributed by atoms with Crippen molar-refractivity contribution < 1.29 is 9.21 Å². The van der Waals surface area contributed by atoms with Gasteiger partial charge < -0.3 is 9.73 Å². The van der Waals surface area contributed by atoms with Crippen LogP contribution in [-0.2, 0) is 4.79 Å². The Labute approximate surface area is 191 Å². The molecule has 5 nitrogen and oxygen atoms in total. The van der Waals surface area contributed by atoms with Crippen molar-refractivity contribution in [3.63, 3.8) is 0 Å². The molecule has 5 rings (SSSR count). The van der Waals surface area contributed by atoms with Gasteiger partial charge in [0.2, 0.25) is 17.7 Å². The first-order chi connectivity index (χ1) is 16.3. The molecule has 0 saturated carbocycles. The van der Waals surface area contributed by atoms with Crippen LogP contribution in [0.1, 0.15) is 17.0 Å². The van der Waals surface area contributed by atoms with Crippen LogP contribution < -0.4 is 5.32 Å². The Balaban J connectivity index is 1.35. The Morgan fingerprint density at radius 2 is 1.06 bits per heavy atom. The van der Waals surface area contributed by atoms with E-state index in [4.69, 9.17) is 4.42 Å². The molecule has 0 spiro atoms. The number of nitrogens with zero attached hydrogens (tertiary/aromatic N) is 2. The number of aromatic nitrogens is 2. The van der Waals surface area contributed by atoms with E-state index in [1.807, 2.05) is 115 Å². The maximum Gasteiger partial charge on any atom is 0.248 e. The summed E-state index contributed by atoms with van der Waals surface area (Å²) in [5.74, 6) is 0.399. The Hall–Kier alpha value is -4.51. The van der Waals surface area contributed by atoms with Crippen molar-refractivity contribution in [1.82, 2.24) is 10.2 Å². The largest absolute Gasteiger partial charge is 0.416 e. The highest BCUT2D eigenvalue weighted by atomic mass is 16.4. The second-order valence-electron chi connectivity index (χ2n) is 7.60. The van der Waals surface area contributed by atoms with Crippen LogP contribution in [0.3, 0.4) is 0 Å². The monoisotopic (exact) mass is 431 g/mol. The van der Waals surface area contributed by atoms with Gasteiger partial charge in [-0.15, -0.1) is 10.2 Å². The molecule has 0 aliphatic heterocycles. The first-order valence-electron chi connectivity index (χ1n) is 10.7. The number of amides is 1. The second-order valence-corrected chi connectivity index (χ2v) is 7.60. The Bertz CT molecular complexity index is 1290. The van der Waals surface area contributed by atoms with Gasteiger partial charge in [-0.25, -0.2) is 0 Å². The minimum Gasteiger partial charge on any atom is -0.416 e. The molecule has 0 bridgehead atoms. The van der Waals surface area contributed by atoms with Crippen LogP contribution >= 0.6 is 0 Å². The zero-order valence-corrected chi connectivity index (χ0v) is 17.8. The number of anilines is 1. The highest BCUT2D eigenvalue weighted by Crippen LogP contribution is 2.28. The van der Waals surface area contributed by atoms with Gasteiger partial charge in [0.15, 0.2) is 0 Å². The minimum absolute atomic E-state index is 0.0932. The van der Waals surface area contributed by atoms with Gasteiger partial charge in [0.1, 0.15) is 0 Å². The number of carbonyl (C=O) groups excluding carboxylic acids is 1. The molecule has 1 N–H and O–H groups in total. The molecule has 1 amide bonds. The van der Waals surface area contributed by atoms with Crippen molar-refractivity contribution in [2.75, 3.05) is 5.32 Å². The Morgan fingerprint density at radius 3 is 1.58 bits per heavy atom. The highest BCUT2D eigenvalue weighted by molar-refractivity contribution is 5.98. The number of rotatable bonds is 6. The van der Waals surface area contributed by atoms with E-state index in [9.17, 15) is 4.79 Å². The number of nitrogens with one attached hydrogen (secondary N) is 1. The molecule has 1 aromatic heterocycles. The van der Waals surface area contributed by atoms with Crippen molar-refractivity contribution >= 4 is 11.6 Å². The van der Waals surface area contributed by atoms with Gasteiger partial charge in [-0.3, -0.25) is 4.79 Å². The van der Waals surface area contributed by atoms with Gasteiger partial charge in [0.05, 0.1) is 5.92 Å². The molecular formula is C28H21N3O2. The predicted octanol–water partition coefficient (Wildman–Crippen LogP) is 6.17. The quantitative estimate of drug-likeness (QED) is 0.349. The van der Waals surface area contributed by atoms with Crippen LogP contribution in [0.5, 0.6) is 0 Å². The summed E-state index contributed by atoms with van der Waals surface area (Å²) in [6.45, 7) is 0. The molecule has 4 aromatic carbocycles. The fraction of sp³-hybridized carbons (Fsp3) is 0.0357. The van der Waals surface area contributed by atoms with Gasteiger partial charge >= 0.3 is 0 Å². The van der Waals surface area contributed by atoms with Crippen molar-refractivity contribution in [2.24, 2.45) is 0 Å². The van der Waals surface area contributed by atoms with E-state index < -0.39 is 5.92 Å². The standard InChI is InChI=1S/C28H21N3O2/c32-26(25(20-10-4-1-5-11-20)21-12-6-2-7-13-21)29-24-18-16-23(17-19-24)28-31-30-27(33-28)22-14-8-3-9-15-22/h1-19,25H,(H,29,32). The number of carbonyl (C=O) groups is 1. The summed E-state index contributed by atoms with van der Waals surface area (Å²) in [6.07, 6.45) is 0. The molecule has 0 radical (unpaired) electrons. The Kier molecular flexibility index (Phi) is 5.76. The van der Waals surface area contributed by atoms with E-state index in [0.717, 1.165) is 22.3 Å². The SMILES string of the molecule is O=C(Nc1ccc(-c2nnc(-c3ccccc3)o2)cc1)C(c1ccccc1)c1ccccc1. The molecule has 0 atom stereocenters. The fourth-order valence-corrected chi connectivity index (χ4v) is 3.73. The van der Waals surface area contributed by atoms with Crippen LogP contribution in [0.15, 0.2) is 120 Å². The summed E-state index contributed by atoms with van der Waals surface area (Å²) in [4.78, 5) is 13.3. The molecule has 0 aliphatic rings. The Morgan fingerprint density at radius 1 is 0.606 bits per heavy atom. The van der Waals surface area contributed by atoms with Gasteiger partial charge in [-0.05, 0) is 47.5 Å². The molecule has 0 unspecified atom stereocenters. The maximum absolute atomic E-state index is 13.3. The van der Waals surface area contributed by atoms with Crippen LogP contribution in [0.2, 0.25) is 0 Å². The first kappa shape index (κ1) is 20.4. The number of hydrogen-bond donors (Lipinski definition) is 1. The lowest BCUT2D eigenvalue weighted by Gasteiger charge is -2.18. The van der Waals surface area contributed by atoms with Crippen LogP contribution in [-0.4, -0.2) is 16.1 Å². The fourth-order valence-electron chi connectivity index (χ4n) is 3.73. The molecule has 160 valence electrons. The zero-order valence-electron chi connectivity index (χ0n) is 17.8. The van der Waals surface area contributed by atoms with Crippen LogP contribution in [0, 0.1) is 0 Å². The molecule has 5 aromatic rings. The summed E-state index contributed by atoms with van der Waals surface area (Å²) in [5, 5.41) is 11.3. The summed E-state index contributed by atoms with van der Waals surface area (Å²) in [5.41, 5.74) is 4.23. The molecule has 1 heterocycles. The third kappa shape index (κ3) is 4.57. The lowest BCUT2D eigenvalue weighted by atomic mass is 9.90. The topological polar surface area (TPSA) is 68.0 Å². The average Bonchev–Trinajstić information content (AvgIpc) is 3.37. The van der Waals surface area contributed by atoms with E-state index in [0.29, 0.717) is 17.5 Å². The third-order valence-corrected chi connectivity index (χ3v) is 5.37. The summed E-state index contributed by atoms with van der Waals surface area (Å²) >= 11 is 0. The minimum atomic E-state index is -0.406. The van der Waals surface area contributed by atoms with E-state index in [1.54, 1.807) is 0 Å². The first-order valence-corrected chi connectivity index (χ1v) is 10.7. The van der Waals surface area contributed by atoms with Crippen LogP contribution in [0.4, 0.5) is 5.69 Å². The third-order valence-electron chi connectivity index (χ3n) is 5.37. The van der Waals surface area contributed by atoms with Gasteiger partial charge in [-0.1, -0.05) is 78.9 Å². The molecule has 0 aliphatic carbocycles. The normalized spacial score (nSPS) is 10.8. The van der Waals surface area contributed by atoms with Crippen molar-refractivity contribution in [2.45, 2.75) is 5.92 Å². The lowest BCUT2D eigenvalue weighted by molar-refractivity contribution is -0.116. The number of benzene rings is 4. The number of hydrogen-bond acceptors (Lipinski definition) is 4. The van der Waals surface area contributed by atoms with Gasteiger partial charge in [0.25, 0.3) is 0 Å². The second kappa shape index (κ2) is 9.32. The maximum atomic E-state index is 13.3. The molecule has 0 saturated heterocycles. The lowest BCUT2D eigenvalue weighted by Crippen LogP contribution is -2.22. The van der Waals surface area contributed by atoms with E-state index in [1.165, 1.54) is 0 Å². The smallest absolute Gasteiger partial charge is 0.248 e. The van der Waals surface area contributed by atoms with Gasteiger partial charge in [0, 0.05) is 16.8 Å². The summed E-state index contributed by atoms with van der Waals surface area (Å²) in [7, 11) is 0. The molecule has 33 heavy (non-hydrogen) atoms.